The van der Waals surface area contributed by atoms with E-state index in [0.717, 1.165) is 17.9 Å². The Kier molecular flexibility index (Phi) is 5.78. The molecule has 0 bridgehead atoms. The number of carbonyl (C=O) groups is 2. The lowest BCUT2D eigenvalue weighted by atomic mass is 9.88. The molecule has 7 nitrogen and oxygen atoms in total. The Bertz CT molecular complexity index is 817. The summed E-state index contributed by atoms with van der Waals surface area (Å²) in [6.45, 7) is 3.29. The molecular weight excluding hydrogens is 346 g/mol. The van der Waals surface area contributed by atoms with E-state index in [0.29, 0.717) is 25.1 Å². The average Bonchev–Trinajstić information content (AvgIpc) is 3.28. The van der Waals surface area contributed by atoms with Crippen LogP contribution in [0.1, 0.15) is 30.1 Å². The molecule has 1 amide bonds. The Morgan fingerprint density at radius 2 is 2.07 bits per heavy atom. The molecule has 0 aliphatic carbocycles. The minimum atomic E-state index is -0.879. The summed E-state index contributed by atoms with van der Waals surface area (Å²) in [5.41, 5.74) is 0.844. The van der Waals surface area contributed by atoms with E-state index >= 15 is 0 Å². The van der Waals surface area contributed by atoms with E-state index in [9.17, 15) is 14.7 Å². The Labute approximate surface area is 158 Å². The van der Waals surface area contributed by atoms with Crippen LogP contribution in [0.5, 0.6) is 5.75 Å². The Morgan fingerprint density at radius 3 is 2.74 bits per heavy atom. The molecule has 1 saturated heterocycles. The maximum atomic E-state index is 12.6. The van der Waals surface area contributed by atoms with E-state index in [4.69, 9.17) is 4.74 Å². The predicted molar refractivity (Wildman–Crippen MR) is 99.6 cm³/mol. The number of carboxylic acids is 1. The monoisotopic (exact) mass is 371 g/mol. The fourth-order valence-electron chi connectivity index (χ4n) is 3.74. The second-order valence-electron chi connectivity index (χ2n) is 6.86. The van der Waals surface area contributed by atoms with Crippen molar-refractivity contribution in [3.63, 3.8) is 0 Å². The second kappa shape index (κ2) is 8.24. The zero-order valence-corrected chi connectivity index (χ0v) is 15.7. The summed E-state index contributed by atoms with van der Waals surface area (Å²) >= 11 is 0. The van der Waals surface area contributed by atoms with Gasteiger partial charge < -0.3 is 19.3 Å². The lowest BCUT2D eigenvalue weighted by molar-refractivity contribution is -0.141. The molecule has 3 rings (SSSR count). The molecule has 1 fully saturated rings. The number of aromatic nitrogens is 2. The average molecular weight is 371 g/mol. The molecule has 27 heavy (non-hydrogen) atoms. The van der Waals surface area contributed by atoms with Gasteiger partial charge in [0.1, 0.15) is 11.6 Å². The van der Waals surface area contributed by atoms with Gasteiger partial charge in [-0.3, -0.25) is 9.59 Å². The van der Waals surface area contributed by atoms with Crippen molar-refractivity contribution in [2.75, 3.05) is 20.2 Å². The van der Waals surface area contributed by atoms with E-state index in [2.05, 4.69) is 4.98 Å². The van der Waals surface area contributed by atoms with Gasteiger partial charge in [-0.2, -0.15) is 0 Å². The van der Waals surface area contributed by atoms with Gasteiger partial charge in [0, 0.05) is 44.4 Å². The summed E-state index contributed by atoms with van der Waals surface area (Å²) in [7, 11) is 1.57. The summed E-state index contributed by atoms with van der Waals surface area (Å²) in [5, 5.41) is 9.65. The van der Waals surface area contributed by atoms with E-state index in [-0.39, 0.29) is 18.4 Å². The van der Waals surface area contributed by atoms with Crippen LogP contribution in [-0.4, -0.2) is 51.6 Å². The van der Waals surface area contributed by atoms with E-state index in [1.165, 1.54) is 0 Å². The molecule has 1 aromatic heterocycles. The molecule has 2 unspecified atom stereocenters. The molecule has 1 aromatic carbocycles. The van der Waals surface area contributed by atoms with Gasteiger partial charge in [0.2, 0.25) is 5.91 Å². The fourth-order valence-corrected chi connectivity index (χ4v) is 3.74. The number of para-hydroxylation sites is 1. The molecule has 144 valence electrons. The number of nitrogens with zero attached hydrogens (tertiary/aromatic N) is 3. The summed E-state index contributed by atoms with van der Waals surface area (Å²) in [6.07, 6.45) is 4.73. The molecule has 2 atom stereocenters. The highest BCUT2D eigenvalue weighted by Crippen LogP contribution is 2.37. The number of amides is 1. The number of hydrogen-bond acceptors (Lipinski definition) is 4. The topological polar surface area (TPSA) is 84.7 Å². The smallest absolute Gasteiger partial charge is 0.308 e. The third-order valence-corrected chi connectivity index (χ3v) is 5.24. The van der Waals surface area contributed by atoms with Crippen molar-refractivity contribution >= 4 is 11.9 Å². The van der Waals surface area contributed by atoms with Crippen LogP contribution in [0.3, 0.4) is 0 Å². The Balaban J connectivity index is 1.66. The van der Waals surface area contributed by atoms with E-state index in [1.54, 1.807) is 18.2 Å². The number of aryl methyl sites for hydroxylation is 2. The van der Waals surface area contributed by atoms with Gasteiger partial charge in [0.15, 0.2) is 0 Å². The Morgan fingerprint density at radius 1 is 1.30 bits per heavy atom. The molecular formula is C20H25N3O4. The van der Waals surface area contributed by atoms with Crippen LogP contribution in [0.4, 0.5) is 0 Å². The van der Waals surface area contributed by atoms with Crippen molar-refractivity contribution in [3.05, 3.63) is 48.0 Å². The Hall–Kier alpha value is -2.83. The first-order valence-corrected chi connectivity index (χ1v) is 9.12. The van der Waals surface area contributed by atoms with Gasteiger partial charge in [-0.25, -0.2) is 4.98 Å². The summed E-state index contributed by atoms with van der Waals surface area (Å²) < 4.78 is 7.40. The quantitative estimate of drug-likeness (QED) is 0.807. The molecule has 0 saturated carbocycles. The van der Waals surface area contributed by atoms with Crippen LogP contribution < -0.4 is 4.74 Å². The lowest BCUT2D eigenvalue weighted by Crippen LogP contribution is -2.29. The highest BCUT2D eigenvalue weighted by Gasteiger charge is 2.41. The second-order valence-corrected chi connectivity index (χ2v) is 6.86. The molecule has 2 aromatic rings. The molecule has 1 N–H and O–H groups in total. The SMILES string of the molecule is COc1ccccc1C1CN(C(=O)CCCn2ccnc2C)CC1C(=O)O. The summed E-state index contributed by atoms with van der Waals surface area (Å²) in [6, 6.07) is 7.43. The molecule has 0 radical (unpaired) electrons. The van der Waals surface area contributed by atoms with Crippen molar-refractivity contribution in [3.8, 4) is 5.75 Å². The molecule has 0 spiro atoms. The summed E-state index contributed by atoms with van der Waals surface area (Å²) in [5.74, 6) is -0.185. The van der Waals surface area contributed by atoms with E-state index < -0.39 is 11.9 Å². The number of aliphatic carboxylic acids is 1. The van der Waals surface area contributed by atoms with Crippen LogP contribution in [-0.2, 0) is 16.1 Å². The number of carboxylic acid groups (broad SMARTS) is 1. The van der Waals surface area contributed by atoms with Crippen LogP contribution in [0.2, 0.25) is 0 Å². The lowest BCUT2D eigenvalue weighted by Gasteiger charge is -2.18. The fraction of sp³-hybridized carbons (Fsp3) is 0.450. The van der Waals surface area contributed by atoms with Crippen molar-refractivity contribution in [1.82, 2.24) is 14.5 Å². The first kappa shape index (κ1) is 18.9. The maximum absolute atomic E-state index is 12.6. The zero-order chi connectivity index (χ0) is 19.4. The van der Waals surface area contributed by atoms with Gasteiger partial charge in [-0.05, 0) is 25.0 Å². The van der Waals surface area contributed by atoms with Gasteiger partial charge in [-0.15, -0.1) is 0 Å². The molecule has 2 heterocycles. The number of benzene rings is 1. The number of rotatable bonds is 7. The van der Waals surface area contributed by atoms with Crippen LogP contribution in [0, 0.1) is 12.8 Å². The third-order valence-electron chi connectivity index (χ3n) is 5.24. The number of likely N-dealkylation sites (tertiary alicyclic amines) is 1. The van der Waals surface area contributed by atoms with Crippen LogP contribution >= 0.6 is 0 Å². The standard InChI is InChI=1S/C20H25N3O4/c1-14-21-9-11-22(14)10-5-8-19(24)23-12-16(17(13-23)20(25)26)15-6-3-4-7-18(15)27-2/h3-4,6-7,9,11,16-17H,5,8,10,12-13H2,1-2H3,(H,25,26). The highest BCUT2D eigenvalue weighted by molar-refractivity contribution is 5.79. The number of ether oxygens (including phenoxy) is 1. The van der Waals surface area contributed by atoms with Gasteiger partial charge in [0.05, 0.1) is 13.0 Å². The highest BCUT2D eigenvalue weighted by atomic mass is 16.5. The number of hydrogen-bond donors (Lipinski definition) is 1. The first-order valence-electron chi connectivity index (χ1n) is 9.12. The van der Waals surface area contributed by atoms with Crippen LogP contribution in [0.15, 0.2) is 36.7 Å². The van der Waals surface area contributed by atoms with Gasteiger partial charge >= 0.3 is 5.97 Å². The van der Waals surface area contributed by atoms with Crippen LogP contribution in [0.25, 0.3) is 0 Å². The number of imidazole rings is 1. The van der Waals surface area contributed by atoms with Crippen molar-refractivity contribution in [2.24, 2.45) is 5.92 Å². The third kappa shape index (κ3) is 4.13. The van der Waals surface area contributed by atoms with Gasteiger partial charge in [0.25, 0.3) is 0 Å². The number of carbonyl (C=O) groups excluding carboxylic acids is 1. The normalized spacial score (nSPS) is 19.3. The molecule has 1 aliphatic rings. The first-order chi connectivity index (χ1) is 13.0. The summed E-state index contributed by atoms with van der Waals surface area (Å²) in [4.78, 5) is 30.3. The predicted octanol–water partition coefficient (Wildman–Crippen LogP) is 2.31. The zero-order valence-electron chi connectivity index (χ0n) is 15.7. The minimum Gasteiger partial charge on any atom is -0.496 e. The van der Waals surface area contributed by atoms with Gasteiger partial charge in [-0.1, -0.05) is 18.2 Å². The van der Waals surface area contributed by atoms with Crippen molar-refractivity contribution < 1.29 is 19.4 Å². The van der Waals surface area contributed by atoms with E-state index in [1.807, 2.05) is 42.0 Å². The largest absolute Gasteiger partial charge is 0.496 e. The molecule has 1 aliphatic heterocycles. The molecule has 7 heteroatoms. The number of methoxy groups -OCH3 is 1. The minimum absolute atomic E-state index is 0.00332. The van der Waals surface area contributed by atoms with Crippen molar-refractivity contribution in [2.45, 2.75) is 32.2 Å². The van der Waals surface area contributed by atoms with Crippen molar-refractivity contribution in [1.29, 1.82) is 0 Å². The maximum Gasteiger partial charge on any atom is 0.308 e.